The minimum Gasteiger partial charge on any atom is -0.330 e. The molecular formula is C15H18BrNO2. The number of hydrogen-bond donors (Lipinski definition) is 0. The molecule has 4 heteroatoms. The third-order valence-electron chi connectivity index (χ3n) is 3.74. The molecule has 1 aromatic rings. The Morgan fingerprint density at radius 2 is 2.05 bits per heavy atom. The maximum Gasteiger partial charge on any atom is 0.227 e. The largest absolute Gasteiger partial charge is 0.330 e. The molecule has 0 radical (unpaired) electrons. The molecule has 0 bridgehead atoms. The molecule has 1 heterocycles. The first-order chi connectivity index (χ1) is 8.93. The molecule has 1 saturated heterocycles. The molecule has 0 unspecified atom stereocenters. The molecule has 1 amide bonds. The molecule has 0 atom stereocenters. The minimum absolute atomic E-state index is 0.0185. The summed E-state index contributed by atoms with van der Waals surface area (Å²) in [6.07, 6.45) is 1.67. The summed E-state index contributed by atoms with van der Waals surface area (Å²) in [6.45, 7) is 4.35. The fourth-order valence-corrected chi connectivity index (χ4v) is 2.90. The van der Waals surface area contributed by atoms with Crippen molar-refractivity contribution in [3.63, 3.8) is 0 Å². The first-order valence-corrected chi connectivity index (χ1v) is 7.29. The molecule has 0 spiro atoms. The number of Topliss-reactive ketones (excluding diaryl/α,β-unsaturated/α-hetero) is 1. The van der Waals surface area contributed by atoms with Crippen molar-refractivity contribution in [3.8, 4) is 0 Å². The standard InChI is InChI=1S/C15H18BrNO2/c1-15(2)13(18)8-5-9-17(15)14(19)10-11-6-3-4-7-12(11)16/h3-4,6-7H,5,8-10H2,1-2H3. The van der Waals surface area contributed by atoms with Gasteiger partial charge >= 0.3 is 0 Å². The number of carbonyl (C=O) groups is 2. The van der Waals surface area contributed by atoms with E-state index in [1.54, 1.807) is 4.90 Å². The average Bonchev–Trinajstić information content (AvgIpc) is 2.35. The van der Waals surface area contributed by atoms with Gasteiger partial charge in [0, 0.05) is 17.4 Å². The van der Waals surface area contributed by atoms with Gasteiger partial charge in [-0.15, -0.1) is 0 Å². The van der Waals surface area contributed by atoms with Crippen molar-refractivity contribution in [1.82, 2.24) is 4.90 Å². The van der Waals surface area contributed by atoms with Crippen LogP contribution in [0.2, 0.25) is 0 Å². The van der Waals surface area contributed by atoms with E-state index in [1.165, 1.54) is 0 Å². The van der Waals surface area contributed by atoms with Gasteiger partial charge in [-0.3, -0.25) is 9.59 Å². The molecule has 3 nitrogen and oxygen atoms in total. The number of ketones is 1. The summed E-state index contributed by atoms with van der Waals surface area (Å²) in [5, 5.41) is 0. The summed E-state index contributed by atoms with van der Waals surface area (Å²) < 4.78 is 0.935. The van der Waals surface area contributed by atoms with Gasteiger partial charge in [-0.05, 0) is 31.9 Å². The number of amides is 1. The summed E-state index contributed by atoms with van der Waals surface area (Å²) in [5.41, 5.74) is 0.290. The van der Waals surface area contributed by atoms with Gasteiger partial charge in [0.2, 0.25) is 5.91 Å². The Morgan fingerprint density at radius 3 is 2.74 bits per heavy atom. The highest BCUT2D eigenvalue weighted by atomic mass is 79.9. The number of likely N-dealkylation sites (tertiary alicyclic amines) is 1. The zero-order valence-electron chi connectivity index (χ0n) is 11.3. The Bertz CT molecular complexity index is 511. The number of halogens is 1. The maximum atomic E-state index is 12.4. The van der Waals surface area contributed by atoms with Gasteiger partial charge in [0.25, 0.3) is 0 Å². The second-order valence-electron chi connectivity index (χ2n) is 5.40. The van der Waals surface area contributed by atoms with Crippen LogP contribution < -0.4 is 0 Å². The molecular weight excluding hydrogens is 306 g/mol. The lowest BCUT2D eigenvalue weighted by atomic mass is 9.88. The molecule has 1 aromatic carbocycles. The van der Waals surface area contributed by atoms with Crippen LogP contribution in [-0.4, -0.2) is 28.7 Å². The Morgan fingerprint density at radius 1 is 1.37 bits per heavy atom. The summed E-state index contributed by atoms with van der Waals surface area (Å²) in [7, 11) is 0. The first-order valence-electron chi connectivity index (χ1n) is 6.50. The van der Waals surface area contributed by atoms with E-state index in [0.29, 0.717) is 19.4 Å². The zero-order valence-corrected chi connectivity index (χ0v) is 12.9. The molecule has 0 aromatic heterocycles. The predicted molar refractivity (Wildman–Crippen MR) is 77.9 cm³/mol. The smallest absolute Gasteiger partial charge is 0.227 e. The highest BCUT2D eigenvalue weighted by molar-refractivity contribution is 9.10. The quantitative estimate of drug-likeness (QED) is 0.839. The third-order valence-corrected chi connectivity index (χ3v) is 4.52. The van der Waals surface area contributed by atoms with E-state index in [0.717, 1.165) is 16.5 Å². The van der Waals surface area contributed by atoms with E-state index in [9.17, 15) is 9.59 Å². The fourth-order valence-electron chi connectivity index (χ4n) is 2.47. The molecule has 2 rings (SSSR count). The summed E-state index contributed by atoms with van der Waals surface area (Å²) >= 11 is 3.45. The number of benzene rings is 1. The van der Waals surface area contributed by atoms with Crippen molar-refractivity contribution in [3.05, 3.63) is 34.3 Å². The fraction of sp³-hybridized carbons (Fsp3) is 0.467. The zero-order chi connectivity index (χ0) is 14.0. The second-order valence-corrected chi connectivity index (χ2v) is 6.25. The van der Waals surface area contributed by atoms with Crippen molar-refractivity contribution in [1.29, 1.82) is 0 Å². The molecule has 102 valence electrons. The van der Waals surface area contributed by atoms with E-state index in [1.807, 2.05) is 38.1 Å². The van der Waals surface area contributed by atoms with Gasteiger partial charge in [-0.1, -0.05) is 34.1 Å². The van der Waals surface area contributed by atoms with E-state index in [2.05, 4.69) is 15.9 Å². The van der Waals surface area contributed by atoms with Crippen LogP contribution in [0.25, 0.3) is 0 Å². The molecule has 0 N–H and O–H groups in total. The molecule has 1 fully saturated rings. The van der Waals surface area contributed by atoms with Gasteiger partial charge < -0.3 is 4.90 Å². The summed E-state index contributed by atoms with van der Waals surface area (Å²) in [5.74, 6) is 0.171. The van der Waals surface area contributed by atoms with Crippen molar-refractivity contribution in [2.45, 2.75) is 38.6 Å². The average molecular weight is 324 g/mol. The van der Waals surface area contributed by atoms with Crippen LogP contribution in [0.5, 0.6) is 0 Å². The lowest BCUT2D eigenvalue weighted by Gasteiger charge is -2.41. The van der Waals surface area contributed by atoms with Crippen molar-refractivity contribution >= 4 is 27.6 Å². The van der Waals surface area contributed by atoms with Gasteiger partial charge in [0.15, 0.2) is 5.78 Å². The Hall–Kier alpha value is -1.16. The monoisotopic (exact) mass is 323 g/mol. The van der Waals surface area contributed by atoms with Gasteiger partial charge in [-0.25, -0.2) is 0 Å². The van der Waals surface area contributed by atoms with Gasteiger partial charge in [0.1, 0.15) is 0 Å². The minimum atomic E-state index is -0.670. The van der Waals surface area contributed by atoms with E-state index < -0.39 is 5.54 Å². The van der Waals surface area contributed by atoms with Crippen LogP contribution in [0.4, 0.5) is 0 Å². The van der Waals surface area contributed by atoms with E-state index in [-0.39, 0.29) is 11.7 Å². The number of rotatable bonds is 2. The number of carbonyl (C=O) groups excluding carboxylic acids is 2. The summed E-state index contributed by atoms with van der Waals surface area (Å²) in [4.78, 5) is 26.1. The van der Waals surface area contributed by atoms with E-state index >= 15 is 0 Å². The Kier molecular flexibility index (Phi) is 4.09. The summed E-state index contributed by atoms with van der Waals surface area (Å²) in [6, 6.07) is 7.70. The highest BCUT2D eigenvalue weighted by Crippen LogP contribution is 2.26. The molecule has 0 saturated carbocycles. The van der Waals surface area contributed by atoms with Crippen LogP contribution >= 0.6 is 15.9 Å². The molecule has 19 heavy (non-hydrogen) atoms. The molecule has 0 aliphatic carbocycles. The lowest BCUT2D eigenvalue weighted by molar-refractivity contribution is -0.147. The van der Waals surface area contributed by atoms with Crippen LogP contribution in [-0.2, 0) is 16.0 Å². The SMILES string of the molecule is CC1(C)C(=O)CCCN1C(=O)Cc1ccccc1Br. The first kappa shape index (κ1) is 14.3. The second kappa shape index (κ2) is 5.45. The van der Waals surface area contributed by atoms with Crippen LogP contribution in [0, 0.1) is 0 Å². The number of nitrogens with zero attached hydrogens (tertiary/aromatic N) is 1. The molecule has 1 aliphatic heterocycles. The lowest BCUT2D eigenvalue weighted by Crippen LogP contribution is -2.56. The van der Waals surface area contributed by atoms with Crippen molar-refractivity contribution in [2.75, 3.05) is 6.54 Å². The van der Waals surface area contributed by atoms with Crippen LogP contribution in [0.15, 0.2) is 28.7 Å². The number of piperidine rings is 1. The Balaban J connectivity index is 2.16. The Labute approximate surface area is 122 Å². The highest BCUT2D eigenvalue weighted by Gasteiger charge is 2.39. The predicted octanol–water partition coefficient (Wildman–Crippen LogP) is 2.96. The normalized spacial score (nSPS) is 18.5. The van der Waals surface area contributed by atoms with Crippen LogP contribution in [0.1, 0.15) is 32.3 Å². The van der Waals surface area contributed by atoms with Crippen LogP contribution in [0.3, 0.4) is 0 Å². The number of hydrogen-bond acceptors (Lipinski definition) is 2. The van der Waals surface area contributed by atoms with Crippen molar-refractivity contribution < 1.29 is 9.59 Å². The van der Waals surface area contributed by atoms with Gasteiger partial charge in [0.05, 0.1) is 12.0 Å². The third kappa shape index (κ3) is 2.89. The molecule has 1 aliphatic rings. The van der Waals surface area contributed by atoms with Crippen molar-refractivity contribution in [2.24, 2.45) is 0 Å². The van der Waals surface area contributed by atoms with E-state index in [4.69, 9.17) is 0 Å². The topological polar surface area (TPSA) is 37.4 Å². The maximum absolute atomic E-state index is 12.4. The van der Waals surface area contributed by atoms with Gasteiger partial charge in [-0.2, -0.15) is 0 Å².